The summed E-state index contributed by atoms with van der Waals surface area (Å²) in [5.74, 6) is -0.650. The molecule has 0 aliphatic carbocycles. The molecule has 6 heteroatoms. The minimum Gasteiger partial charge on any atom is -0.346 e. The third kappa shape index (κ3) is 5.25. The number of benzene rings is 1. The first-order valence-corrected chi connectivity index (χ1v) is 9.39. The molecule has 2 N–H and O–H groups in total. The van der Waals surface area contributed by atoms with Crippen LogP contribution in [0, 0.1) is 0 Å². The van der Waals surface area contributed by atoms with E-state index in [2.05, 4.69) is 41.4 Å². The van der Waals surface area contributed by atoms with E-state index in [-0.39, 0.29) is 22.9 Å². The van der Waals surface area contributed by atoms with Crippen LogP contribution in [0.3, 0.4) is 0 Å². The van der Waals surface area contributed by atoms with E-state index in [4.69, 9.17) is 0 Å². The topological polar surface area (TPSA) is 84.0 Å². The molecule has 3 aromatic rings. The molecule has 0 spiro atoms. The molecule has 1 aromatic carbocycles. The average molecular weight is 388 g/mol. The molecule has 0 radical (unpaired) electrons. The first-order valence-electron chi connectivity index (χ1n) is 9.39. The van der Waals surface area contributed by atoms with E-state index in [9.17, 15) is 9.59 Å². The van der Waals surface area contributed by atoms with Crippen molar-refractivity contribution in [3.05, 3.63) is 89.5 Å². The number of pyridine rings is 2. The van der Waals surface area contributed by atoms with Crippen molar-refractivity contribution in [3.63, 3.8) is 0 Å². The maximum atomic E-state index is 12.7. The molecule has 29 heavy (non-hydrogen) atoms. The van der Waals surface area contributed by atoms with Crippen LogP contribution in [0.5, 0.6) is 0 Å². The molecule has 0 saturated carbocycles. The highest BCUT2D eigenvalue weighted by Crippen LogP contribution is 2.29. The number of anilines is 1. The molecule has 0 aliphatic rings. The van der Waals surface area contributed by atoms with Crippen LogP contribution >= 0.6 is 0 Å². The molecule has 3 rings (SSSR count). The number of amides is 2. The third-order valence-electron chi connectivity index (χ3n) is 4.39. The summed E-state index contributed by atoms with van der Waals surface area (Å²) in [5, 5.41) is 5.71. The predicted octanol–water partition coefficient (Wildman–Crippen LogP) is 3.96. The Balaban J connectivity index is 1.72. The molecule has 0 atom stereocenters. The molecule has 2 heterocycles. The molecule has 0 aliphatic heterocycles. The van der Waals surface area contributed by atoms with Gasteiger partial charge >= 0.3 is 0 Å². The van der Waals surface area contributed by atoms with Crippen molar-refractivity contribution < 1.29 is 9.59 Å². The number of rotatable bonds is 5. The van der Waals surface area contributed by atoms with E-state index in [1.54, 1.807) is 12.3 Å². The lowest BCUT2D eigenvalue weighted by Gasteiger charge is -2.22. The molecular weight excluding hydrogens is 364 g/mol. The van der Waals surface area contributed by atoms with Crippen molar-refractivity contribution in [2.24, 2.45) is 0 Å². The highest BCUT2D eigenvalue weighted by atomic mass is 16.2. The highest BCUT2D eigenvalue weighted by Gasteiger charge is 2.19. The van der Waals surface area contributed by atoms with E-state index in [0.717, 1.165) is 16.9 Å². The Bertz CT molecular complexity index is 1010. The van der Waals surface area contributed by atoms with E-state index < -0.39 is 0 Å². The van der Waals surface area contributed by atoms with Crippen molar-refractivity contribution in [2.75, 3.05) is 5.32 Å². The quantitative estimate of drug-likeness (QED) is 0.693. The van der Waals surface area contributed by atoms with Crippen LogP contribution in [0.15, 0.2) is 67.0 Å². The number of nitrogens with one attached hydrogen (secondary N) is 2. The molecule has 148 valence electrons. The van der Waals surface area contributed by atoms with Gasteiger partial charge in [0.25, 0.3) is 11.8 Å². The first-order chi connectivity index (χ1) is 13.8. The molecule has 2 aromatic heterocycles. The van der Waals surface area contributed by atoms with Crippen LogP contribution in [0.4, 0.5) is 5.69 Å². The number of carbonyl (C=O) groups excluding carboxylic acids is 2. The third-order valence-corrected chi connectivity index (χ3v) is 4.39. The van der Waals surface area contributed by atoms with Gasteiger partial charge in [-0.15, -0.1) is 0 Å². The number of hydrogen-bond donors (Lipinski definition) is 2. The summed E-state index contributed by atoms with van der Waals surface area (Å²) in [6.07, 6.45) is 3.13. The Morgan fingerprint density at radius 3 is 2.38 bits per heavy atom. The zero-order chi connectivity index (χ0) is 20.9. The van der Waals surface area contributed by atoms with Crippen LogP contribution in [-0.4, -0.2) is 21.8 Å². The Hall–Kier alpha value is -3.54. The van der Waals surface area contributed by atoms with Gasteiger partial charge in [-0.05, 0) is 41.3 Å². The Morgan fingerprint density at radius 1 is 0.897 bits per heavy atom. The summed E-state index contributed by atoms with van der Waals surface area (Å²) in [7, 11) is 0. The second-order valence-electron chi connectivity index (χ2n) is 7.68. The Morgan fingerprint density at radius 2 is 1.66 bits per heavy atom. The second-order valence-corrected chi connectivity index (χ2v) is 7.68. The fourth-order valence-electron chi connectivity index (χ4n) is 2.90. The smallest absolute Gasteiger partial charge is 0.274 e. The number of carbonyl (C=O) groups is 2. The normalized spacial score (nSPS) is 11.0. The summed E-state index contributed by atoms with van der Waals surface area (Å²) in [4.78, 5) is 33.5. The lowest BCUT2D eigenvalue weighted by molar-refractivity contribution is 0.0950. The second kappa shape index (κ2) is 8.65. The zero-order valence-electron chi connectivity index (χ0n) is 16.8. The van der Waals surface area contributed by atoms with Gasteiger partial charge in [0.15, 0.2) is 0 Å². The predicted molar refractivity (Wildman–Crippen MR) is 113 cm³/mol. The monoisotopic (exact) mass is 388 g/mol. The van der Waals surface area contributed by atoms with E-state index >= 15 is 0 Å². The van der Waals surface area contributed by atoms with Crippen LogP contribution in [0.1, 0.15) is 52.9 Å². The molecule has 0 saturated heterocycles. The number of hydrogen-bond acceptors (Lipinski definition) is 4. The van der Waals surface area contributed by atoms with Crippen molar-refractivity contribution in [3.8, 4) is 0 Å². The van der Waals surface area contributed by atoms with E-state index in [0.29, 0.717) is 12.1 Å². The largest absolute Gasteiger partial charge is 0.346 e. The number of nitrogens with zero attached hydrogens (tertiary/aromatic N) is 2. The summed E-state index contributed by atoms with van der Waals surface area (Å²) in [5.41, 5.74) is 2.94. The summed E-state index contributed by atoms with van der Waals surface area (Å²) >= 11 is 0. The molecular formula is C23H24N4O2. The molecule has 0 bridgehead atoms. The Kier molecular flexibility index (Phi) is 6.02. The van der Waals surface area contributed by atoms with Gasteiger partial charge in [0.1, 0.15) is 5.69 Å². The molecule has 0 unspecified atom stereocenters. The van der Waals surface area contributed by atoms with Gasteiger partial charge in [-0.2, -0.15) is 0 Å². The molecule has 2 amide bonds. The summed E-state index contributed by atoms with van der Waals surface area (Å²) < 4.78 is 0. The SMILES string of the molecule is CC(C)(C)c1ccccc1NC(=O)c1cc(C(=O)NCc2ccccn2)ccn1. The van der Waals surface area contributed by atoms with Gasteiger partial charge in [0.2, 0.25) is 0 Å². The van der Waals surface area contributed by atoms with Gasteiger partial charge in [-0.1, -0.05) is 45.0 Å². The van der Waals surface area contributed by atoms with Crippen molar-refractivity contribution in [1.29, 1.82) is 0 Å². The van der Waals surface area contributed by atoms with Crippen LogP contribution in [0.2, 0.25) is 0 Å². The van der Waals surface area contributed by atoms with Gasteiger partial charge in [-0.25, -0.2) is 0 Å². The molecule has 0 fully saturated rings. The number of aromatic nitrogens is 2. The lowest BCUT2D eigenvalue weighted by Crippen LogP contribution is -2.24. The zero-order valence-corrected chi connectivity index (χ0v) is 16.8. The fraction of sp³-hybridized carbons (Fsp3) is 0.217. The maximum Gasteiger partial charge on any atom is 0.274 e. The standard InChI is InChI=1S/C23H24N4O2/c1-23(2,3)18-9-4-5-10-19(18)27-22(29)20-14-16(11-13-25-20)21(28)26-15-17-8-6-7-12-24-17/h4-14H,15H2,1-3H3,(H,26,28)(H,27,29). The Labute approximate surface area is 170 Å². The van der Waals surface area contributed by atoms with Crippen LogP contribution in [0.25, 0.3) is 0 Å². The highest BCUT2D eigenvalue weighted by molar-refractivity contribution is 6.05. The lowest BCUT2D eigenvalue weighted by atomic mass is 9.86. The maximum absolute atomic E-state index is 12.7. The van der Waals surface area contributed by atoms with Crippen LogP contribution < -0.4 is 10.6 Å². The summed E-state index contributed by atoms with van der Waals surface area (Å²) in [6.45, 7) is 6.57. The van der Waals surface area contributed by atoms with Crippen molar-refractivity contribution in [2.45, 2.75) is 32.7 Å². The van der Waals surface area contributed by atoms with Crippen molar-refractivity contribution >= 4 is 17.5 Å². The van der Waals surface area contributed by atoms with Crippen molar-refractivity contribution in [1.82, 2.24) is 15.3 Å². The van der Waals surface area contributed by atoms with Crippen LogP contribution in [-0.2, 0) is 12.0 Å². The summed E-state index contributed by atoms with van der Waals surface area (Å²) in [6, 6.07) is 16.2. The van der Waals surface area contributed by atoms with Gasteiger partial charge in [0, 0.05) is 23.6 Å². The first kappa shape index (κ1) is 20.2. The van der Waals surface area contributed by atoms with Gasteiger partial charge in [-0.3, -0.25) is 19.6 Å². The van der Waals surface area contributed by atoms with E-state index in [1.165, 1.54) is 12.3 Å². The van der Waals surface area contributed by atoms with Gasteiger partial charge < -0.3 is 10.6 Å². The minimum atomic E-state index is -0.360. The van der Waals surface area contributed by atoms with E-state index in [1.807, 2.05) is 42.5 Å². The minimum absolute atomic E-state index is 0.121. The molecule has 6 nitrogen and oxygen atoms in total. The fourth-order valence-corrected chi connectivity index (χ4v) is 2.90. The average Bonchev–Trinajstić information content (AvgIpc) is 2.72. The van der Waals surface area contributed by atoms with Gasteiger partial charge in [0.05, 0.1) is 12.2 Å². The number of para-hydroxylation sites is 1.